The maximum atomic E-state index is 12.4. The lowest BCUT2D eigenvalue weighted by molar-refractivity contribution is -0.154. The number of ketones is 1. The molecular formula is C17H15N3O4S. The lowest BCUT2D eigenvalue weighted by Gasteiger charge is -2.38. The number of allylic oxidation sites excluding steroid dienone is 1. The van der Waals surface area contributed by atoms with Gasteiger partial charge in [-0.3, -0.25) is 9.59 Å². The number of hydrogen-bond acceptors (Lipinski definition) is 6. The fraction of sp³-hybridized carbons (Fsp3) is 0.235. The van der Waals surface area contributed by atoms with E-state index >= 15 is 0 Å². The van der Waals surface area contributed by atoms with Gasteiger partial charge in [-0.25, -0.2) is 4.79 Å². The Kier molecular flexibility index (Phi) is 5.62. The van der Waals surface area contributed by atoms with Gasteiger partial charge in [0.15, 0.2) is 22.4 Å². The third kappa shape index (κ3) is 3.89. The molecule has 2 N–H and O–H groups in total. The van der Waals surface area contributed by atoms with E-state index in [9.17, 15) is 19.6 Å². The predicted molar refractivity (Wildman–Crippen MR) is 92.8 cm³/mol. The van der Waals surface area contributed by atoms with Gasteiger partial charge < -0.3 is 15.4 Å². The zero-order valence-electron chi connectivity index (χ0n) is 13.3. The summed E-state index contributed by atoms with van der Waals surface area (Å²) in [5, 5.41) is 14.0. The molecule has 2 atom stereocenters. The van der Waals surface area contributed by atoms with Crippen LogP contribution in [-0.4, -0.2) is 35.4 Å². The zero-order chi connectivity index (χ0) is 18.4. The Balaban J connectivity index is 2.31. The van der Waals surface area contributed by atoms with Crippen LogP contribution >= 0.6 is 12.2 Å². The number of amides is 1. The Bertz CT molecular complexity index is 785. The number of rotatable bonds is 5. The number of methoxy groups -OCH3 is 1. The quantitative estimate of drug-likeness (QED) is 0.454. The van der Waals surface area contributed by atoms with Crippen molar-refractivity contribution in [3.63, 3.8) is 0 Å². The molecule has 1 aliphatic heterocycles. The normalized spacial score (nSPS) is 22.6. The largest absolute Gasteiger partial charge is 0.467 e. The van der Waals surface area contributed by atoms with Crippen molar-refractivity contribution in [2.24, 2.45) is 5.92 Å². The van der Waals surface area contributed by atoms with Crippen molar-refractivity contribution in [3.8, 4) is 6.07 Å². The van der Waals surface area contributed by atoms with Crippen molar-refractivity contribution >= 4 is 41.1 Å². The highest BCUT2D eigenvalue weighted by Gasteiger charge is 2.55. The summed E-state index contributed by atoms with van der Waals surface area (Å²) in [7, 11) is 1.11. The van der Waals surface area contributed by atoms with Crippen molar-refractivity contribution in [1.82, 2.24) is 10.6 Å². The van der Waals surface area contributed by atoms with Crippen molar-refractivity contribution in [2.45, 2.75) is 12.0 Å². The first-order chi connectivity index (χ1) is 11.9. The fourth-order valence-corrected chi connectivity index (χ4v) is 2.82. The van der Waals surface area contributed by atoms with Gasteiger partial charge in [-0.2, -0.15) is 5.26 Å². The molecule has 0 aliphatic carbocycles. The Morgan fingerprint density at radius 3 is 2.68 bits per heavy atom. The predicted octanol–water partition coefficient (Wildman–Crippen LogP) is 0.715. The second-order valence-electron chi connectivity index (χ2n) is 5.36. The van der Waals surface area contributed by atoms with Crippen molar-refractivity contribution < 1.29 is 19.1 Å². The summed E-state index contributed by atoms with van der Waals surface area (Å²) in [5.74, 6) is -3.57. The lowest BCUT2D eigenvalue weighted by Crippen LogP contribution is -2.70. The van der Waals surface area contributed by atoms with E-state index < -0.39 is 35.5 Å². The smallest absolute Gasteiger partial charge is 0.334 e. The van der Waals surface area contributed by atoms with Gasteiger partial charge in [0.2, 0.25) is 5.91 Å². The highest BCUT2D eigenvalue weighted by Crippen LogP contribution is 2.27. The maximum absolute atomic E-state index is 12.4. The number of thiocarbonyl (C=S) groups is 1. The lowest BCUT2D eigenvalue weighted by atomic mass is 9.78. The van der Waals surface area contributed by atoms with Crippen molar-refractivity contribution in [1.29, 1.82) is 5.26 Å². The molecule has 8 heteroatoms. The third-order valence-corrected chi connectivity index (χ3v) is 3.93. The Morgan fingerprint density at radius 2 is 2.08 bits per heavy atom. The number of hydrogen-bond donors (Lipinski definition) is 2. The summed E-state index contributed by atoms with van der Waals surface area (Å²) in [5.41, 5.74) is -1.06. The van der Waals surface area contributed by atoms with Gasteiger partial charge in [0.25, 0.3) is 0 Å². The van der Waals surface area contributed by atoms with Crippen LogP contribution in [0.1, 0.15) is 12.0 Å². The zero-order valence-corrected chi connectivity index (χ0v) is 14.1. The molecule has 7 nitrogen and oxygen atoms in total. The van der Waals surface area contributed by atoms with E-state index in [0.29, 0.717) is 0 Å². The molecule has 1 fully saturated rings. The van der Waals surface area contributed by atoms with Crippen LogP contribution in [-0.2, 0) is 19.1 Å². The van der Waals surface area contributed by atoms with Crippen LogP contribution in [0.3, 0.4) is 0 Å². The van der Waals surface area contributed by atoms with Crippen molar-refractivity contribution in [3.05, 3.63) is 42.0 Å². The van der Waals surface area contributed by atoms with E-state index in [2.05, 4.69) is 10.6 Å². The van der Waals surface area contributed by atoms with Crippen LogP contribution in [0.4, 0.5) is 0 Å². The van der Waals surface area contributed by atoms with Crippen LogP contribution in [0.2, 0.25) is 0 Å². The highest BCUT2D eigenvalue weighted by atomic mass is 32.1. The van der Waals surface area contributed by atoms with Crippen LogP contribution < -0.4 is 10.6 Å². The Morgan fingerprint density at radius 1 is 1.40 bits per heavy atom. The molecule has 2 rings (SSSR count). The van der Waals surface area contributed by atoms with Crippen LogP contribution in [0.15, 0.2) is 36.4 Å². The number of nitrogens with zero attached hydrogens (tertiary/aromatic N) is 1. The molecule has 128 valence electrons. The summed E-state index contributed by atoms with van der Waals surface area (Å²) in [6, 6.07) is 10.8. The van der Waals surface area contributed by atoms with Gasteiger partial charge in [-0.15, -0.1) is 0 Å². The van der Waals surface area contributed by atoms with E-state index in [1.165, 1.54) is 6.08 Å². The molecule has 1 amide bonds. The molecule has 0 spiro atoms. The fourth-order valence-electron chi connectivity index (χ4n) is 2.54. The molecule has 1 aromatic rings. The first kappa shape index (κ1) is 18.3. The third-order valence-electron chi connectivity index (χ3n) is 3.72. The van der Waals surface area contributed by atoms with Crippen LogP contribution in [0.25, 0.3) is 6.08 Å². The molecule has 0 unspecified atom stereocenters. The van der Waals surface area contributed by atoms with E-state index in [-0.39, 0.29) is 5.11 Å². The summed E-state index contributed by atoms with van der Waals surface area (Å²) >= 11 is 4.90. The second-order valence-corrected chi connectivity index (χ2v) is 5.76. The number of carbonyl (C=O) groups is 3. The van der Waals surface area contributed by atoms with Crippen molar-refractivity contribution in [2.75, 3.05) is 7.11 Å². The number of nitrogens with one attached hydrogen (secondary N) is 2. The topological polar surface area (TPSA) is 108 Å². The standard InChI is InChI=1S/C17H15N3O4S/c1-24-15(23)17(13(10-18)14(22)19-16(25)20-17)9-12(21)8-7-11-5-3-2-4-6-11/h2-8,13H,9H2,1H3,(H2,19,20,22,25)/b8-7-/t13-,17+/m1/s1. The monoisotopic (exact) mass is 357 g/mol. The van der Waals surface area contributed by atoms with E-state index in [1.54, 1.807) is 24.3 Å². The van der Waals surface area contributed by atoms with Gasteiger partial charge in [0.1, 0.15) is 0 Å². The molecule has 25 heavy (non-hydrogen) atoms. The number of ether oxygens (including phenoxy) is 1. The van der Waals surface area contributed by atoms with Crippen LogP contribution in [0.5, 0.6) is 0 Å². The van der Waals surface area contributed by atoms with E-state index in [0.717, 1.165) is 12.7 Å². The van der Waals surface area contributed by atoms with Gasteiger partial charge in [-0.05, 0) is 23.9 Å². The summed E-state index contributed by atoms with van der Waals surface area (Å²) < 4.78 is 4.72. The minimum atomic E-state index is -1.86. The average molecular weight is 357 g/mol. The van der Waals surface area contributed by atoms with E-state index in [4.69, 9.17) is 17.0 Å². The van der Waals surface area contributed by atoms with Gasteiger partial charge in [0, 0.05) is 6.42 Å². The molecule has 0 aromatic heterocycles. The van der Waals surface area contributed by atoms with Gasteiger partial charge in [-0.1, -0.05) is 36.4 Å². The molecule has 0 bridgehead atoms. The first-order valence-corrected chi connectivity index (χ1v) is 7.71. The van der Waals surface area contributed by atoms with Crippen LogP contribution in [0, 0.1) is 17.2 Å². The number of benzene rings is 1. The number of nitriles is 1. The summed E-state index contributed by atoms with van der Waals surface area (Å²) in [6.07, 6.45) is 2.41. The molecule has 1 aliphatic rings. The van der Waals surface area contributed by atoms with Gasteiger partial charge in [0.05, 0.1) is 13.2 Å². The molecule has 1 heterocycles. The summed E-state index contributed by atoms with van der Waals surface area (Å²) in [6.45, 7) is 0. The molecule has 0 saturated carbocycles. The van der Waals surface area contributed by atoms with Gasteiger partial charge >= 0.3 is 5.97 Å². The Labute approximate surface area is 149 Å². The molecular weight excluding hydrogens is 342 g/mol. The second kappa shape index (κ2) is 7.68. The first-order valence-electron chi connectivity index (χ1n) is 7.30. The minimum Gasteiger partial charge on any atom is -0.467 e. The number of esters is 1. The summed E-state index contributed by atoms with van der Waals surface area (Å²) in [4.78, 5) is 36.7. The Hall–Kier alpha value is -3.05. The highest BCUT2D eigenvalue weighted by molar-refractivity contribution is 7.80. The minimum absolute atomic E-state index is 0.137. The molecule has 0 radical (unpaired) electrons. The molecule has 1 aromatic carbocycles. The maximum Gasteiger partial charge on any atom is 0.334 e. The number of carbonyl (C=O) groups excluding carboxylic acids is 3. The SMILES string of the molecule is COC(=O)[C@@]1(CC(=O)/C=C\c2ccccc2)NC(=S)NC(=O)[C@H]1C#N. The molecule has 1 saturated heterocycles. The average Bonchev–Trinajstić information content (AvgIpc) is 2.59. The van der Waals surface area contributed by atoms with E-state index in [1.807, 2.05) is 18.2 Å².